The van der Waals surface area contributed by atoms with Crippen molar-refractivity contribution < 1.29 is 43.0 Å². The Morgan fingerprint density at radius 2 is 1.36 bits per heavy atom. The minimum absolute atomic E-state index is 0. The maximum Gasteiger partial charge on any atom is 0.0653 e. The van der Waals surface area contributed by atoms with Gasteiger partial charge in [0.1, 0.15) is 0 Å². The number of unbranched alkanes of at least 4 members (excludes halogenated alkanes) is 4. The molecule has 1 atom stereocenters. The van der Waals surface area contributed by atoms with E-state index in [0.29, 0.717) is 6.54 Å². The summed E-state index contributed by atoms with van der Waals surface area (Å²) in [4.78, 5) is 0. The first kappa shape index (κ1) is 33.6. The number of hydrogen-bond donors (Lipinski definition) is 4. The van der Waals surface area contributed by atoms with Gasteiger partial charge in [0.25, 0.3) is 0 Å². The van der Waals surface area contributed by atoms with E-state index in [1.807, 2.05) is 0 Å². The van der Waals surface area contributed by atoms with Crippen LogP contribution in [-0.2, 0) is 32.7 Å². The van der Waals surface area contributed by atoms with Crippen LogP contribution in [0.2, 0.25) is 6.32 Å². The van der Waals surface area contributed by atoms with Crippen LogP contribution in [0.4, 0.5) is 0 Å². The summed E-state index contributed by atoms with van der Waals surface area (Å²) in [7, 11) is 5.24. The Hall–Kier alpha value is 1.01. The predicted octanol–water partition coefficient (Wildman–Crippen LogP) is 4.45. The van der Waals surface area contributed by atoms with Gasteiger partial charge in [-0.25, -0.2) is 5.48 Å². The first-order chi connectivity index (χ1) is 11.6. The van der Waals surface area contributed by atoms with Gasteiger partial charge in [0.15, 0.2) is 0 Å². The van der Waals surface area contributed by atoms with Crippen LogP contribution in [0.15, 0.2) is 0 Å². The summed E-state index contributed by atoms with van der Waals surface area (Å²) in [6.45, 7) is 11.0. The fourth-order valence-electron chi connectivity index (χ4n) is 1.96. The Kier molecular flexibility index (Phi) is 48.4. The maximum atomic E-state index is 9.28. The molecule has 149 valence electrons. The van der Waals surface area contributed by atoms with Crippen molar-refractivity contribution in [3.8, 4) is 0 Å². The van der Waals surface area contributed by atoms with Crippen molar-refractivity contribution in [1.82, 2.24) is 10.8 Å². The second-order valence-electron chi connectivity index (χ2n) is 6.09. The van der Waals surface area contributed by atoms with Gasteiger partial charge in [0.2, 0.25) is 0 Å². The average Bonchev–Trinajstić information content (AvgIpc) is 2.57. The van der Waals surface area contributed by atoms with Gasteiger partial charge >= 0.3 is 0 Å². The number of aliphatic hydroxyl groups excluding tert-OH is 1. The third-order valence-corrected chi connectivity index (χ3v) is 3.44. The molecule has 0 bridgehead atoms. The zero-order valence-electron chi connectivity index (χ0n) is 17.5. The zero-order chi connectivity index (χ0) is 18.9. The van der Waals surface area contributed by atoms with Gasteiger partial charge in [0.05, 0.1) is 14.0 Å². The average molecular weight is 433 g/mol. The third kappa shape index (κ3) is 45.8. The molecule has 0 saturated carbocycles. The van der Waals surface area contributed by atoms with Crippen molar-refractivity contribution in [3.63, 3.8) is 0 Å². The van der Waals surface area contributed by atoms with Crippen molar-refractivity contribution in [2.24, 2.45) is 0 Å². The molecule has 6 heteroatoms. The Morgan fingerprint density at radius 3 is 1.76 bits per heavy atom. The van der Waals surface area contributed by atoms with Gasteiger partial charge in [-0.05, 0) is 25.8 Å². The molecule has 0 amide bonds. The van der Waals surface area contributed by atoms with Gasteiger partial charge in [-0.3, -0.25) is 0 Å². The Balaban J connectivity index is -0.000000136. The van der Waals surface area contributed by atoms with E-state index in [1.165, 1.54) is 38.5 Å². The molecule has 25 heavy (non-hydrogen) atoms. The standard InChI is InChI=1S/C9H20O.C5H13BN2O.C5H12.Y/c1-3-5-6-8-9(10)7-4-2;6-2-1-3-7-4-5-8-9;1-3-5-4-2;/h9-10H,3-8H2,1-2H3;7-9H,1-5H2;3-5H2,1-2H3;. The van der Waals surface area contributed by atoms with Gasteiger partial charge in [-0.1, -0.05) is 79.0 Å². The number of aliphatic hydroxyl groups is 1. The Labute approximate surface area is 184 Å². The van der Waals surface area contributed by atoms with Crippen molar-refractivity contribution in [1.29, 1.82) is 0 Å². The quantitative estimate of drug-likeness (QED) is 0.186. The van der Waals surface area contributed by atoms with Crippen LogP contribution in [0.3, 0.4) is 0 Å². The number of hydroxylamine groups is 1. The molecule has 0 saturated heterocycles. The van der Waals surface area contributed by atoms with Crippen LogP contribution in [-0.4, -0.2) is 43.9 Å². The van der Waals surface area contributed by atoms with Crippen molar-refractivity contribution >= 4 is 7.85 Å². The van der Waals surface area contributed by atoms with E-state index in [4.69, 9.17) is 13.1 Å². The number of hydrogen-bond acceptors (Lipinski definition) is 4. The van der Waals surface area contributed by atoms with Gasteiger partial charge in [-0.2, -0.15) is 0 Å². The SMILES string of the molecule is CCCCC.CCCCCC(O)CCC.[B]CCCNCCNO.[Y]. The van der Waals surface area contributed by atoms with Crippen LogP contribution < -0.4 is 10.8 Å². The van der Waals surface area contributed by atoms with E-state index in [2.05, 4.69) is 38.5 Å². The molecule has 0 aliphatic carbocycles. The van der Waals surface area contributed by atoms with E-state index < -0.39 is 0 Å². The fraction of sp³-hybridized carbons (Fsp3) is 1.00. The molecule has 0 spiro atoms. The molecular weight excluding hydrogens is 388 g/mol. The normalized spacial score (nSPS) is 10.6. The summed E-state index contributed by atoms with van der Waals surface area (Å²) >= 11 is 0. The topological polar surface area (TPSA) is 64.5 Å². The second kappa shape index (κ2) is 36.0. The number of nitrogens with one attached hydrogen (secondary N) is 2. The first-order valence-corrected chi connectivity index (χ1v) is 10.1. The molecule has 0 rings (SSSR count). The monoisotopic (exact) mass is 433 g/mol. The van der Waals surface area contributed by atoms with Crippen LogP contribution in [0.1, 0.15) is 91.9 Å². The Bertz CT molecular complexity index is 185. The maximum absolute atomic E-state index is 9.28. The molecule has 0 fully saturated rings. The molecule has 0 aliphatic heterocycles. The molecule has 4 nitrogen and oxygen atoms in total. The Morgan fingerprint density at radius 1 is 0.760 bits per heavy atom. The third-order valence-electron chi connectivity index (χ3n) is 3.44. The van der Waals surface area contributed by atoms with E-state index in [9.17, 15) is 5.11 Å². The van der Waals surface area contributed by atoms with Gasteiger partial charge < -0.3 is 15.6 Å². The van der Waals surface area contributed by atoms with Gasteiger partial charge in [-0.15, -0.1) is 0 Å². The summed E-state index contributed by atoms with van der Waals surface area (Å²) in [5.41, 5.74) is 2.05. The molecular formula is C19H45BN2O2Y. The van der Waals surface area contributed by atoms with Crippen LogP contribution in [0.25, 0.3) is 0 Å². The van der Waals surface area contributed by atoms with Crippen LogP contribution >= 0.6 is 0 Å². The summed E-state index contributed by atoms with van der Waals surface area (Å²) in [6.07, 6.45) is 12.5. The van der Waals surface area contributed by atoms with Crippen molar-refractivity contribution in [2.45, 2.75) is 104 Å². The van der Waals surface area contributed by atoms with Gasteiger partial charge in [0, 0.05) is 45.8 Å². The van der Waals surface area contributed by atoms with E-state index in [-0.39, 0.29) is 38.8 Å². The molecule has 0 aromatic heterocycles. The molecule has 0 aliphatic rings. The molecule has 0 heterocycles. The summed E-state index contributed by atoms with van der Waals surface area (Å²) in [6, 6.07) is 0. The zero-order valence-corrected chi connectivity index (χ0v) is 20.4. The predicted molar refractivity (Wildman–Crippen MR) is 108 cm³/mol. The second-order valence-corrected chi connectivity index (χ2v) is 6.09. The minimum atomic E-state index is -0.0310. The number of rotatable bonds is 14. The van der Waals surface area contributed by atoms with E-state index in [1.54, 1.807) is 0 Å². The molecule has 3 radical (unpaired) electrons. The van der Waals surface area contributed by atoms with Crippen LogP contribution in [0, 0.1) is 0 Å². The molecule has 4 N–H and O–H groups in total. The van der Waals surface area contributed by atoms with Crippen molar-refractivity contribution in [3.05, 3.63) is 0 Å². The molecule has 0 aromatic carbocycles. The van der Waals surface area contributed by atoms with E-state index >= 15 is 0 Å². The van der Waals surface area contributed by atoms with Crippen LogP contribution in [0.5, 0.6) is 0 Å². The fourth-order valence-corrected chi connectivity index (χ4v) is 1.96. The first-order valence-electron chi connectivity index (χ1n) is 10.1. The summed E-state index contributed by atoms with van der Waals surface area (Å²) in [5.74, 6) is 0. The largest absolute Gasteiger partial charge is 0.393 e. The molecule has 0 aromatic rings. The van der Waals surface area contributed by atoms with E-state index in [0.717, 1.165) is 45.1 Å². The molecule has 1 unspecified atom stereocenters. The summed E-state index contributed by atoms with van der Waals surface area (Å²) < 4.78 is 0. The van der Waals surface area contributed by atoms with Crippen molar-refractivity contribution in [2.75, 3.05) is 19.6 Å². The minimum Gasteiger partial charge on any atom is -0.393 e. The smallest absolute Gasteiger partial charge is 0.0653 e. The summed E-state index contributed by atoms with van der Waals surface area (Å²) in [5, 5.41) is 20.5.